The highest BCUT2D eigenvalue weighted by Gasteiger charge is 2.40. The van der Waals surface area contributed by atoms with Gasteiger partial charge < -0.3 is 14.4 Å². The Balaban J connectivity index is 2.53. The van der Waals surface area contributed by atoms with Crippen molar-refractivity contribution in [2.24, 2.45) is 5.92 Å². The first-order valence-corrected chi connectivity index (χ1v) is 6.64. The second kappa shape index (κ2) is 6.42. The van der Waals surface area contributed by atoms with Crippen molar-refractivity contribution < 1.29 is 28.8 Å². The van der Waals surface area contributed by atoms with Gasteiger partial charge in [-0.05, 0) is 6.07 Å². The van der Waals surface area contributed by atoms with Crippen LogP contribution in [0.1, 0.15) is 16.8 Å². The Kier molecular flexibility index (Phi) is 4.58. The molecule has 122 valence electrons. The molecule has 2 rings (SSSR count). The maximum atomic E-state index is 12.2. The van der Waals surface area contributed by atoms with Crippen LogP contribution in [0.2, 0.25) is 0 Å². The highest BCUT2D eigenvalue weighted by atomic mass is 16.6. The van der Waals surface area contributed by atoms with Crippen LogP contribution in [0.4, 0.5) is 11.4 Å². The molecule has 0 N–H and O–H groups in total. The van der Waals surface area contributed by atoms with E-state index in [1.165, 1.54) is 25.3 Å². The summed E-state index contributed by atoms with van der Waals surface area (Å²) in [5.74, 6) is -2.63. The van der Waals surface area contributed by atoms with Crippen LogP contribution in [0.3, 0.4) is 0 Å². The standard InChI is InChI=1S/C14H14N2O7/c1-22-13(18)8-6-11(17)15(7-8)12-9(14(19)23-2)4-3-5-10(12)16(20)21/h3-5,8H,6-7H2,1-2H3. The molecular weight excluding hydrogens is 308 g/mol. The Bertz CT molecular complexity index is 686. The van der Waals surface area contributed by atoms with Crippen molar-refractivity contribution in [2.45, 2.75) is 6.42 Å². The third-order valence-corrected chi connectivity index (χ3v) is 3.55. The summed E-state index contributed by atoms with van der Waals surface area (Å²) in [4.78, 5) is 47.3. The number of benzene rings is 1. The Morgan fingerprint density at radius 1 is 1.30 bits per heavy atom. The fourth-order valence-corrected chi connectivity index (χ4v) is 2.49. The van der Waals surface area contributed by atoms with Gasteiger partial charge in [0.25, 0.3) is 5.69 Å². The minimum atomic E-state index is -0.807. The molecule has 1 aliphatic rings. The molecule has 1 aliphatic heterocycles. The number of anilines is 1. The molecule has 0 aliphatic carbocycles. The smallest absolute Gasteiger partial charge is 0.340 e. The molecule has 23 heavy (non-hydrogen) atoms. The number of carbonyl (C=O) groups excluding carboxylic acids is 3. The molecule has 1 aromatic carbocycles. The number of nitro groups is 1. The van der Waals surface area contributed by atoms with Crippen molar-refractivity contribution in [3.05, 3.63) is 33.9 Å². The van der Waals surface area contributed by atoms with Crippen LogP contribution in [0.25, 0.3) is 0 Å². The second-order valence-electron chi connectivity index (χ2n) is 4.85. The van der Waals surface area contributed by atoms with Gasteiger partial charge in [0, 0.05) is 19.0 Å². The normalized spacial score (nSPS) is 17.0. The van der Waals surface area contributed by atoms with Crippen molar-refractivity contribution in [3.63, 3.8) is 0 Å². The van der Waals surface area contributed by atoms with E-state index < -0.39 is 34.4 Å². The van der Waals surface area contributed by atoms with Gasteiger partial charge in [0.05, 0.1) is 30.6 Å². The summed E-state index contributed by atoms with van der Waals surface area (Å²) in [6.07, 6.45) is -0.140. The zero-order chi connectivity index (χ0) is 17.1. The predicted octanol–water partition coefficient (Wildman–Crippen LogP) is 0.907. The summed E-state index contributed by atoms with van der Waals surface area (Å²) < 4.78 is 9.21. The van der Waals surface area contributed by atoms with E-state index >= 15 is 0 Å². The fraction of sp³-hybridized carbons (Fsp3) is 0.357. The van der Waals surface area contributed by atoms with Gasteiger partial charge in [0.15, 0.2) is 0 Å². The number of hydrogen-bond acceptors (Lipinski definition) is 7. The third kappa shape index (κ3) is 2.98. The summed E-state index contributed by atoms with van der Waals surface area (Å²) in [6.45, 7) is -0.0969. The predicted molar refractivity (Wildman–Crippen MR) is 76.9 cm³/mol. The second-order valence-corrected chi connectivity index (χ2v) is 4.85. The van der Waals surface area contributed by atoms with Crippen LogP contribution < -0.4 is 4.90 Å². The van der Waals surface area contributed by atoms with Crippen LogP contribution in [0.5, 0.6) is 0 Å². The maximum Gasteiger partial charge on any atom is 0.340 e. The lowest BCUT2D eigenvalue weighted by Gasteiger charge is -2.19. The molecule has 1 fully saturated rings. The largest absolute Gasteiger partial charge is 0.469 e. The van der Waals surface area contributed by atoms with E-state index in [-0.39, 0.29) is 24.2 Å². The molecule has 9 heteroatoms. The zero-order valence-electron chi connectivity index (χ0n) is 12.5. The number of para-hydroxylation sites is 1. The number of methoxy groups -OCH3 is 2. The fourth-order valence-electron chi connectivity index (χ4n) is 2.49. The van der Waals surface area contributed by atoms with Gasteiger partial charge in [-0.15, -0.1) is 0 Å². The van der Waals surface area contributed by atoms with E-state index in [0.29, 0.717) is 0 Å². The molecule has 1 aromatic rings. The summed E-state index contributed by atoms with van der Waals surface area (Å²) >= 11 is 0. The molecule has 0 aromatic heterocycles. The van der Waals surface area contributed by atoms with Crippen LogP contribution in [0.15, 0.2) is 18.2 Å². The monoisotopic (exact) mass is 322 g/mol. The van der Waals surface area contributed by atoms with Gasteiger partial charge in [0.2, 0.25) is 5.91 Å². The molecule has 0 bridgehead atoms. The summed E-state index contributed by atoms with van der Waals surface area (Å²) in [6, 6.07) is 3.83. The third-order valence-electron chi connectivity index (χ3n) is 3.55. The van der Waals surface area contributed by atoms with Crippen molar-refractivity contribution in [3.8, 4) is 0 Å². The minimum absolute atomic E-state index is 0.0969. The molecule has 1 amide bonds. The SMILES string of the molecule is COC(=O)c1cccc([N+](=O)[O-])c1N1CC(C(=O)OC)CC1=O. The Labute approximate surface area is 130 Å². The lowest BCUT2D eigenvalue weighted by molar-refractivity contribution is -0.384. The maximum absolute atomic E-state index is 12.2. The van der Waals surface area contributed by atoms with Crippen LogP contribution in [-0.4, -0.2) is 43.5 Å². The first-order valence-electron chi connectivity index (χ1n) is 6.64. The highest BCUT2D eigenvalue weighted by molar-refractivity contribution is 6.07. The number of ether oxygens (including phenoxy) is 2. The molecule has 1 heterocycles. The van der Waals surface area contributed by atoms with Gasteiger partial charge in [-0.1, -0.05) is 6.07 Å². The summed E-state index contributed by atoms with van der Waals surface area (Å²) in [5.41, 5.74) is -0.687. The van der Waals surface area contributed by atoms with Gasteiger partial charge in [0.1, 0.15) is 5.69 Å². The molecule has 0 radical (unpaired) electrons. The van der Waals surface area contributed by atoms with Crippen molar-refractivity contribution in [1.29, 1.82) is 0 Å². The topological polar surface area (TPSA) is 116 Å². The van der Waals surface area contributed by atoms with E-state index in [4.69, 9.17) is 0 Å². The van der Waals surface area contributed by atoms with Gasteiger partial charge in [-0.25, -0.2) is 4.79 Å². The zero-order valence-corrected chi connectivity index (χ0v) is 12.5. The van der Waals surface area contributed by atoms with Crippen LogP contribution in [-0.2, 0) is 19.1 Å². The Hall–Kier alpha value is -2.97. The molecule has 9 nitrogen and oxygen atoms in total. The first kappa shape index (κ1) is 16.4. The van der Waals surface area contributed by atoms with Gasteiger partial charge in [-0.2, -0.15) is 0 Å². The number of amides is 1. The molecule has 0 spiro atoms. The summed E-state index contributed by atoms with van der Waals surface area (Å²) in [5, 5.41) is 11.2. The van der Waals surface area contributed by atoms with Crippen molar-refractivity contribution >= 4 is 29.2 Å². The number of nitro benzene ring substituents is 1. The van der Waals surface area contributed by atoms with Crippen molar-refractivity contribution in [1.82, 2.24) is 0 Å². The van der Waals surface area contributed by atoms with Crippen LogP contribution in [0, 0.1) is 16.0 Å². The average Bonchev–Trinajstić information content (AvgIpc) is 2.94. The van der Waals surface area contributed by atoms with E-state index in [2.05, 4.69) is 9.47 Å². The lowest BCUT2D eigenvalue weighted by Crippen LogP contribution is -2.28. The van der Waals surface area contributed by atoms with Gasteiger partial charge in [-0.3, -0.25) is 19.7 Å². The lowest BCUT2D eigenvalue weighted by atomic mass is 10.1. The molecule has 0 saturated carbocycles. The Morgan fingerprint density at radius 2 is 2.00 bits per heavy atom. The van der Waals surface area contributed by atoms with E-state index in [1.54, 1.807) is 0 Å². The molecule has 1 saturated heterocycles. The number of rotatable bonds is 4. The van der Waals surface area contributed by atoms with Crippen molar-refractivity contribution in [2.75, 3.05) is 25.7 Å². The molecular formula is C14H14N2O7. The Morgan fingerprint density at radius 3 is 2.57 bits per heavy atom. The number of esters is 2. The van der Waals surface area contributed by atoms with E-state index in [0.717, 1.165) is 12.0 Å². The number of hydrogen-bond donors (Lipinski definition) is 0. The molecule has 1 unspecified atom stereocenters. The van der Waals surface area contributed by atoms with Crippen LogP contribution >= 0.6 is 0 Å². The van der Waals surface area contributed by atoms with E-state index in [1.807, 2.05) is 0 Å². The molecule has 1 atom stereocenters. The van der Waals surface area contributed by atoms with E-state index in [9.17, 15) is 24.5 Å². The average molecular weight is 322 g/mol. The number of nitrogens with zero attached hydrogens (tertiary/aromatic N) is 2. The minimum Gasteiger partial charge on any atom is -0.469 e. The number of carbonyl (C=O) groups is 3. The highest BCUT2D eigenvalue weighted by Crippen LogP contribution is 2.36. The first-order chi connectivity index (χ1) is 10.9. The summed E-state index contributed by atoms with van der Waals surface area (Å²) in [7, 11) is 2.33. The van der Waals surface area contributed by atoms with Gasteiger partial charge >= 0.3 is 11.9 Å². The quantitative estimate of drug-likeness (QED) is 0.459.